The Morgan fingerprint density at radius 3 is 2.60 bits per heavy atom. The van der Waals surface area contributed by atoms with Crippen molar-refractivity contribution in [3.63, 3.8) is 0 Å². The topological polar surface area (TPSA) is 103 Å². The molecule has 4 N–H and O–H groups in total. The number of hydrogen-bond donors (Lipinski definition) is 4. The number of aliphatic hydroxyl groups excluding tert-OH is 1. The Morgan fingerprint density at radius 1 is 1.12 bits per heavy atom. The normalized spacial score (nSPS) is 14.9. The number of phenols is 1. The van der Waals surface area contributed by atoms with E-state index in [1.54, 1.807) is 26.3 Å². The summed E-state index contributed by atoms with van der Waals surface area (Å²) < 4.78 is 11.9. The molecule has 2 amide bonds. The highest BCUT2D eigenvalue weighted by Gasteiger charge is 2.34. The number of methoxy groups -OCH3 is 1. The maximum atomic E-state index is 13.5. The SMILES string of the molecule is CN/C(=C\O)CNC(=O)N1CCc2cc(OC)c(OCCc3cc(O)cc(Cl)c3)cc2C1c1ccc(C)cc1C. The summed E-state index contributed by atoms with van der Waals surface area (Å²) in [6.07, 6.45) is 2.14. The van der Waals surface area contributed by atoms with Crippen molar-refractivity contribution in [3.05, 3.63) is 98.9 Å². The molecular weight excluding hydrogens is 530 g/mol. The smallest absolute Gasteiger partial charge is 0.318 e. The maximum absolute atomic E-state index is 13.5. The summed E-state index contributed by atoms with van der Waals surface area (Å²) in [6.45, 7) is 5.13. The van der Waals surface area contributed by atoms with Crippen LogP contribution >= 0.6 is 11.6 Å². The average Bonchev–Trinajstić information content (AvgIpc) is 2.92. The van der Waals surface area contributed by atoms with Gasteiger partial charge in [0.25, 0.3) is 0 Å². The van der Waals surface area contributed by atoms with Crippen molar-refractivity contribution in [1.29, 1.82) is 0 Å². The number of aryl methyl sites for hydroxylation is 2. The quantitative estimate of drug-likeness (QED) is 0.253. The predicted octanol–water partition coefficient (Wildman–Crippen LogP) is 5.57. The van der Waals surface area contributed by atoms with Crippen LogP contribution in [0.3, 0.4) is 0 Å². The summed E-state index contributed by atoms with van der Waals surface area (Å²) in [5.74, 6) is 1.31. The Morgan fingerprint density at radius 2 is 1.93 bits per heavy atom. The minimum absolute atomic E-state index is 0.111. The minimum Gasteiger partial charge on any atom is -0.514 e. The lowest BCUT2D eigenvalue weighted by atomic mass is 9.85. The molecule has 0 spiro atoms. The van der Waals surface area contributed by atoms with Crippen LogP contribution in [0.25, 0.3) is 0 Å². The fourth-order valence-electron chi connectivity index (χ4n) is 5.11. The van der Waals surface area contributed by atoms with Crippen molar-refractivity contribution in [2.75, 3.05) is 33.9 Å². The molecule has 0 aliphatic carbocycles. The second-order valence-electron chi connectivity index (χ2n) is 9.89. The van der Waals surface area contributed by atoms with Crippen molar-refractivity contribution < 1.29 is 24.5 Å². The van der Waals surface area contributed by atoms with Gasteiger partial charge in [0.2, 0.25) is 0 Å². The Kier molecular flexibility index (Phi) is 9.32. The van der Waals surface area contributed by atoms with E-state index in [2.05, 4.69) is 35.8 Å². The zero-order valence-corrected chi connectivity index (χ0v) is 24.0. The molecule has 40 heavy (non-hydrogen) atoms. The third-order valence-corrected chi connectivity index (χ3v) is 7.35. The van der Waals surface area contributed by atoms with Gasteiger partial charge in [-0.1, -0.05) is 35.4 Å². The molecule has 4 rings (SSSR count). The number of nitrogens with one attached hydrogen (secondary N) is 2. The number of hydrogen-bond acceptors (Lipinski definition) is 6. The Balaban J connectivity index is 1.68. The molecule has 1 atom stereocenters. The average molecular weight is 566 g/mol. The van der Waals surface area contributed by atoms with Crippen LogP contribution < -0.4 is 20.1 Å². The first-order chi connectivity index (χ1) is 19.2. The number of amides is 2. The molecule has 1 unspecified atom stereocenters. The molecule has 0 radical (unpaired) electrons. The highest BCUT2D eigenvalue weighted by Crippen LogP contribution is 2.42. The van der Waals surface area contributed by atoms with E-state index in [1.165, 1.54) is 6.07 Å². The highest BCUT2D eigenvalue weighted by molar-refractivity contribution is 6.30. The molecule has 3 aromatic carbocycles. The minimum atomic E-state index is -0.348. The molecule has 9 heteroatoms. The van der Waals surface area contributed by atoms with E-state index < -0.39 is 0 Å². The molecule has 1 aliphatic heterocycles. The van der Waals surface area contributed by atoms with Crippen molar-refractivity contribution in [1.82, 2.24) is 15.5 Å². The number of fused-ring (bicyclic) bond motifs is 1. The van der Waals surface area contributed by atoms with Crippen LogP contribution in [0.1, 0.15) is 39.4 Å². The molecule has 8 nitrogen and oxygen atoms in total. The van der Waals surface area contributed by atoms with Crippen molar-refractivity contribution in [2.24, 2.45) is 0 Å². The van der Waals surface area contributed by atoms with Crippen LogP contribution in [0.2, 0.25) is 5.02 Å². The van der Waals surface area contributed by atoms with Gasteiger partial charge in [0.05, 0.1) is 38.3 Å². The third kappa shape index (κ3) is 6.57. The zero-order chi connectivity index (χ0) is 28.8. The molecule has 212 valence electrons. The molecule has 0 aromatic heterocycles. The lowest BCUT2D eigenvalue weighted by molar-refractivity contribution is 0.180. The Hall–Kier alpha value is -4.04. The lowest BCUT2D eigenvalue weighted by Gasteiger charge is -2.39. The van der Waals surface area contributed by atoms with Crippen molar-refractivity contribution in [2.45, 2.75) is 32.7 Å². The van der Waals surface area contributed by atoms with Crippen LogP contribution in [-0.4, -0.2) is 55.0 Å². The van der Waals surface area contributed by atoms with Crippen LogP contribution in [0.5, 0.6) is 17.2 Å². The van der Waals surface area contributed by atoms with Crippen molar-refractivity contribution >= 4 is 17.6 Å². The number of ether oxygens (including phenoxy) is 2. The number of likely N-dealkylation sites (N-methyl/N-ethyl adjacent to an activating group) is 1. The fourth-order valence-corrected chi connectivity index (χ4v) is 5.37. The van der Waals surface area contributed by atoms with E-state index >= 15 is 0 Å². The van der Waals surface area contributed by atoms with Gasteiger partial charge in [-0.25, -0.2) is 4.79 Å². The molecular formula is C31H36ClN3O5. The van der Waals surface area contributed by atoms with Crippen LogP contribution in [0, 0.1) is 13.8 Å². The van der Waals surface area contributed by atoms with Gasteiger partial charge >= 0.3 is 6.03 Å². The summed E-state index contributed by atoms with van der Waals surface area (Å²) in [7, 11) is 3.30. The van der Waals surface area contributed by atoms with Gasteiger partial charge in [0, 0.05) is 25.0 Å². The first-order valence-corrected chi connectivity index (χ1v) is 13.6. The van der Waals surface area contributed by atoms with Gasteiger partial charge in [-0.05, 0) is 78.4 Å². The van der Waals surface area contributed by atoms with Gasteiger partial charge in [0.1, 0.15) is 5.75 Å². The zero-order valence-electron chi connectivity index (χ0n) is 23.3. The van der Waals surface area contributed by atoms with Crippen LogP contribution in [-0.2, 0) is 12.8 Å². The first-order valence-electron chi connectivity index (χ1n) is 13.2. The summed E-state index contributed by atoms with van der Waals surface area (Å²) in [6, 6.07) is 14.6. The summed E-state index contributed by atoms with van der Waals surface area (Å²) >= 11 is 6.09. The number of aromatic hydroxyl groups is 1. The van der Waals surface area contributed by atoms with E-state index in [9.17, 15) is 15.0 Å². The number of rotatable bonds is 9. The third-order valence-electron chi connectivity index (χ3n) is 7.13. The first kappa shape index (κ1) is 29.0. The predicted molar refractivity (Wildman–Crippen MR) is 157 cm³/mol. The van der Waals surface area contributed by atoms with E-state index in [-0.39, 0.29) is 24.4 Å². The van der Waals surface area contributed by atoms with Gasteiger partial charge in [-0.2, -0.15) is 0 Å². The Bertz CT molecular complexity index is 1390. The fraction of sp³-hybridized carbons (Fsp3) is 0.323. The van der Waals surface area contributed by atoms with Crippen LogP contribution in [0.15, 0.2) is 60.5 Å². The summed E-state index contributed by atoms with van der Waals surface area (Å²) in [5, 5.41) is 25.5. The Labute approximate surface area is 240 Å². The summed E-state index contributed by atoms with van der Waals surface area (Å²) in [4.78, 5) is 15.3. The molecule has 0 bridgehead atoms. The number of halogens is 1. The van der Waals surface area contributed by atoms with Gasteiger partial charge < -0.3 is 35.2 Å². The molecule has 3 aromatic rings. The van der Waals surface area contributed by atoms with Gasteiger partial charge in [-0.3, -0.25) is 0 Å². The second kappa shape index (κ2) is 12.9. The molecule has 1 heterocycles. The number of carbonyl (C=O) groups is 1. The number of urea groups is 1. The lowest BCUT2D eigenvalue weighted by Crippen LogP contribution is -2.47. The largest absolute Gasteiger partial charge is 0.514 e. The molecule has 0 saturated heterocycles. The van der Waals surface area contributed by atoms with E-state index in [0.29, 0.717) is 48.2 Å². The van der Waals surface area contributed by atoms with Gasteiger partial charge in [-0.15, -0.1) is 0 Å². The monoisotopic (exact) mass is 565 g/mol. The standard InChI is InChI=1S/C31H36ClN3O5/c1-19-5-6-26(20(2)11-19)30-27-16-29(40-10-8-21-12-23(32)15-25(37)13-21)28(39-4)14-22(27)7-9-35(30)31(38)34-17-24(18-36)33-3/h5-6,11-16,18,30,33,36-37H,7-10,17H2,1-4H3,(H,34,38)/b24-18-. The van der Waals surface area contributed by atoms with E-state index in [1.807, 2.05) is 24.0 Å². The number of phenolic OH excluding ortho intramolecular Hbond substituents is 1. The number of aliphatic hydroxyl groups is 1. The molecule has 0 saturated carbocycles. The number of carbonyl (C=O) groups excluding carboxylic acids is 1. The molecule has 0 fully saturated rings. The highest BCUT2D eigenvalue weighted by atomic mass is 35.5. The number of nitrogens with zero attached hydrogens (tertiary/aromatic N) is 1. The van der Waals surface area contributed by atoms with E-state index in [4.69, 9.17) is 21.1 Å². The maximum Gasteiger partial charge on any atom is 0.318 e. The molecule has 1 aliphatic rings. The van der Waals surface area contributed by atoms with Crippen molar-refractivity contribution in [3.8, 4) is 17.2 Å². The summed E-state index contributed by atoms with van der Waals surface area (Å²) in [5.41, 5.74) is 6.67. The second-order valence-corrected chi connectivity index (χ2v) is 10.3. The number of benzene rings is 3. The van der Waals surface area contributed by atoms with E-state index in [0.717, 1.165) is 39.6 Å². The van der Waals surface area contributed by atoms with Gasteiger partial charge in [0.15, 0.2) is 11.5 Å². The van der Waals surface area contributed by atoms with Crippen LogP contribution in [0.4, 0.5) is 4.79 Å².